The van der Waals surface area contributed by atoms with Crippen molar-refractivity contribution in [2.75, 3.05) is 31.6 Å². The molecule has 0 amide bonds. The Kier molecular flexibility index (Phi) is 4.56. The Morgan fingerprint density at radius 2 is 1.92 bits per heavy atom. The molecule has 4 nitrogen and oxygen atoms in total. The van der Waals surface area contributed by atoms with Crippen molar-refractivity contribution in [3.8, 4) is 11.5 Å². The molecule has 0 radical (unpaired) electrons. The average Bonchev–Trinajstić information content (AvgIpc) is 2.84. The molecule has 126 valence electrons. The number of hydrogen-bond donors (Lipinski definition) is 2. The third kappa shape index (κ3) is 3.34. The molecule has 2 aromatic rings. The molecular weight excluding hydrogens is 300 g/mol. The highest BCUT2D eigenvalue weighted by Crippen LogP contribution is 2.31. The van der Waals surface area contributed by atoms with E-state index in [0.29, 0.717) is 19.3 Å². The van der Waals surface area contributed by atoms with Crippen LogP contribution < -0.4 is 20.1 Å². The molecule has 2 heterocycles. The molecule has 2 N–H and O–H groups in total. The molecule has 0 saturated carbocycles. The fraction of sp³-hybridized carbons (Fsp3) is 0.400. The second-order valence-electron chi connectivity index (χ2n) is 6.39. The van der Waals surface area contributed by atoms with Crippen LogP contribution in [0.4, 0.5) is 5.69 Å². The first-order valence-corrected chi connectivity index (χ1v) is 8.85. The first-order chi connectivity index (χ1) is 11.9. The Morgan fingerprint density at radius 3 is 2.88 bits per heavy atom. The third-order valence-corrected chi connectivity index (χ3v) is 4.73. The van der Waals surface area contributed by atoms with Gasteiger partial charge in [-0.3, -0.25) is 0 Å². The number of fused-ring (bicyclic) bond motifs is 2. The molecule has 0 aliphatic carbocycles. The van der Waals surface area contributed by atoms with Gasteiger partial charge in [-0.2, -0.15) is 0 Å². The summed E-state index contributed by atoms with van der Waals surface area (Å²) in [6.45, 7) is 3.29. The SMILES string of the molecule is c1ccc2c(c1)NCCCC2NCCc1ccc2c(c1)OCCO2. The fourth-order valence-electron chi connectivity index (χ4n) is 3.49. The van der Waals surface area contributed by atoms with E-state index in [1.807, 2.05) is 6.07 Å². The minimum Gasteiger partial charge on any atom is -0.486 e. The minimum atomic E-state index is 0.424. The van der Waals surface area contributed by atoms with Gasteiger partial charge in [-0.25, -0.2) is 0 Å². The maximum Gasteiger partial charge on any atom is 0.161 e. The van der Waals surface area contributed by atoms with Crippen molar-refractivity contribution in [1.82, 2.24) is 5.32 Å². The Bertz CT molecular complexity index is 702. The van der Waals surface area contributed by atoms with Crippen molar-refractivity contribution in [2.24, 2.45) is 0 Å². The number of hydrogen-bond acceptors (Lipinski definition) is 4. The number of benzene rings is 2. The fourth-order valence-corrected chi connectivity index (χ4v) is 3.49. The standard InChI is InChI=1S/C20H24N2O2/c1-2-5-17-16(4-1)18(6-3-10-21-17)22-11-9-15-7-8-19-20(14-15)24-13-12-23-19/h1-2,4-5,7-8,14,18,21-22H,3,6,9-13H2. The molecule has 4 rings (SSSR count). The van der Waals surface area contributed by atoms with E-state index in [1.54, 1.807) is 0 Å². The van der Waals surface area contributed by atoms with Crippen LogP contribution in [0.3, 0.4) is 0 Å². The quantitative estimate of drug-likeness (QED) is 0.903. The van der Waals surface area contributed by atoms with E-state index >= 15 is 0 Å². The molecule has 2 aliphatic rings. The van der Waals surface area contributed by atoms with Gasteiger partial charge in [-0.1, -0.05) is 24.3 Å². The average molecular weight is 324 g/mol. The highest BCUT2D eigenvalue weighted by atomic mass is 16.6. The van der Waals surface area contributed by atoms with Crippen LogP contribution in [0.1, 0.15) is 30.0 Å². The normalized spacial score (nSPS) is 19.1. The molecule has 2 aromatic carbocycles. The Hall–Kier alpha value is -2.20. The Balaban J connectivity index is 1.39. The monoisotopic (exact) mass is 324 g/mol. The second-order valence-corrected chi connectivity index (χ2v) is 6.39. The van der Waals surface area contributed by atoms with Gasteiger partial charge < -0.3 is 20.1 Å². The van der Waals surface area contributed by atoms with Crippen molar-refractivity contribution < 1.29 is 9.47 Å². The van der Waals surface area contributed by atoms with Crippen LogP contribution in [-0.4, -0.2) is 26.3 Å². The van der Waals surface area contributed by atoms with Gasteiger partial charge in [0.15, 0.2) is 11.5 Å². The predicted octanol–water partition coefficient (Wildman–Crippen LogP) is 3.54. The van der Waals surface area contributed by atoms with Gasteiger partial charge in [-0.05, 0) is 55.1 Å². The molecule has 0 aromatic heterocycles. The van der Waals surface area contributed by atoms with E-state index in [-0.39, 0.29) is 0 Å². The highest BCUT2D eigenvalue weighted by Gasteiger charge is 2.17. The number of anilines is 1. The highest BCUT2D eigenvalue weighted by molar-refractivity contribution is 5.53. The van der Waals surface area contributed by atoms with Crippen molar-refractivity contribution in [3.63, 3.8) is 0 Å². The van der Waals surface area contributed by atoms with E-state index in [0.717, 1.165) is 31.0 Å². The van der Waals surface area contributed by atoms with Crippen molar-refractivity contribution in [1.29, 1.82) is 0 Å². The molecule has 1 atom stereocenters. The van der Waals surface area contributed by atoms with E-state index in [1.165, 1.54) is 29.7 Å². The molecule has 0 spiro atoms. The van der Waals surface area contributed by atoms with Gasteiger partial charge in [0.25, 0.3) is 0 Å². The van der Waals surface area contributed by atoms with Gasteiger partial charge in [-0.15, -0.1) is 0 Å². The first-order valence-electron chi connectivity index (χ1n) is 8.85. The number of nitrogens with one attached hydrogen (secondary N) is 2. The second kappa shape index (κ2) is 7.14. The molecule has 1 unspecified atom stereocenters. The topological polar surface area (TPSA) is 42.5 Å². The summed E-state index contributed by atoms with van der Waals surface area (Å²) < 4.78 is 11.3. The van der Waals surface area contributed by atoms with Crippen LogP contribution in [0.15, 0.2) is 42.5 Å². The largest absolute Gasteiger partial charge is 0.486 e. The lowest BCUT2D eigenvalue weighted by atomic mass is 10.0. The summed E-state index contributed by atoms with van der Waals surface area (Å²) in [7, 11) is 0. The van der Waals surface area contributed by atoms with Crippen molar-refractivity contribution in [2.45, 2.75) is 25.3 Å². The molecule has 2 aliphatic heterocycles. The van der Waals surface area contributed by atoms with Gasteiger partial charge in [0, 0.05) is 18.3 Å². The smallest absolute Gasteiger partial charge is 0.161 e. The maximum atomic E-state index is 5.67. The van der Waals surface area contributed by atoms with Gasteiger partial charge in [0.2, 0.25) is 0 Å². The zero-order chi connectivity index (χ0) is 16.2. The number of para-hydroxylation sites is 1. The lowest BCUT2D eigenvalue weighted by Gasteiger charge is -2.20. The molecule has 24 heavy (non-hydrogen) atoms. The summed E-state index contributed by atoms with van der Waals surface area (Å²) in [5.41, 5.74) is 3.94. The van der Waals surface area contributed by atoms with E-state index < -0.39 is 0 Å². The van der Waals surface area contributed by atoms with Crippen LogP contribution in [0, 0.1) is 0 Å². The Labute approximate surface area is 143 Å². The van der Waals surface area contributed by atoms with Crippen molar-refractivity contribution in [3.05, 3.63) is 53.6 Å². The lowest BCUT2D eigenvalue weighted by molar-refractivity contribution is 0.171. The summed E-state index contributed by atoms with van der Waals surface area (Å²) in [5, 5.41) is 7.26. The number of ether oxygens (including phenoxy) is 2. The van der Waals surface area contributed by atoms with Gasteiger partial charge in [0.05, 0.1) is 0 Å². The van der Waals surface area contributed by atoms with Gasteiger partial charge >= 0.3 is 0 Å². The van der Waals surface area contributed by atoms with E-state index in [2.05, 4.69) is 47.0 Å². The Morgan fingerprint density at radius 1 is 1.04 bits per heavy atom. The van der Waals surface area contributed by atoms with Crippen LogP contribution in [0.2, 0.25) is 0 Å². The predicted molar refractivity (Wildman–Crippen MR) is 96.0 cm³/mol. The molecule has 0 fully saturated rings. The van der Waals surface area contributed by atoms with Crippen molar-refractivity contribution >= 4 is 5.69 Å². The van der Waals surface area contributed by atoms with Gasteiger partial charge in [0.1, 0.15) is 13.2 Å². The summed E-state index contributed by atoms with van der Waals surface area (Å²) in [6, 6.07) is 15.3. The third-order valence-electron chi connectivity index (χ3n) is 4.73. The van der Waals surface area contributed by atoms with E-state index in [9.17, 15) is 0 Å². The van der Waals surface area contributed by atoms with E-state index in [4.69, 9.17) is 9.47 Å². The summed E-state index contributed by atoms with van der Waals surface area (Å²) in [6.07, 6.45) is 3.35. The van der Waals surface area contributed by atoms with Crippen LogP contribution in [0.25, 0.3) is 0 Å². The van der Waals surface area contributed by atoms with Crippen LogP contribution in [0.5, 0.6) is 11.5 Å². The van der Waals surface area contributed by atoms with Crippen LogP contribution >= 0.6 is 0 Å². The molecular formula is C20H24N2O2. The zero-order valence-electron chi connectivity index (χ0n) is 13.9. The first kappa shape index (κ1) is 15.3. The summed E-state index contributed by atoms with van der Waals surface area (Å²) >= 11 is 0. The summed E-state index contributed by atoms with van der Waals surface area (Å²) in [4.78, 5) is 0. The summed E-state index contributed by atoms with van der Waals surface area (Å²) in [5.74, 6) is 1.74. The minimum absolute atomic E-state index is 0.424. The van der Waals surface area contributed by atoms with Crippen LogP contribution in [-0.2, 0) is 6.42 Å². The molecule has 4 heteroatoms. The molecule has 0 saturated heterocycles. The number of rotatable bonds is 4. The molecule has 0 bridgehead atoms. The maximum absolute atomic E-state index is 5.67. The zero-order valence-corrected chi connectivity index (χ0v) is 13.9. The lowest BCUT2D eigenvalue weighted by Crippen LogP contribution is -2.23.